The number of rotatable bonds is 4. The number of nitrogens with one attached hydrogen (secondary N) is 1. The summed E-state index contributed by atoms with van der Waals surface area (Å²) >= 11 is 1.76. The standard InChI is InChI=1S/C11H18N2S/c1-9-3-2-4-10(9)12-6-5-11-13-7-8-14-11/h7-10,12H,2-6H2,1H3. The SMILES string of the molecule is CC1CCCC1NCCc1nccs1. The summed E-state index contributed by atoms with van der Waals surface area (Å²) in [6.45, 7) is 3.44. The van der Waals surface area contributed by atoms with Crippen LogP contribution in [0.15, 0.2) is 11.6 Å². The first-order valence-corrected chi connectivity index (χ1v) is 6.36. The Balaban J connectivity index is 1.68. The Morgan fingerprint density at radius 1 is 1.57 bits per heavy atom. The zero-order valence-corrected chi connectivity index (χ0v) is 9.52. The zero-order valence-electron chi connectivity index (χ0n) is 8.70. The maximum atomic E-state index is 4.28. The van der Waals surface area contributed by atoms with Crippen LogP contribution in [0.3, 0.4) is 0 Å². The highest BCUT2D eigenvalue weighted by atomic mass is 32.1. The average molecular weight is 210 g/mol. The number of thiazole rings is 1. The van der Waals surface area contributed by atoms with Gasteiger partial charge in [0.15, 0.2) is 0 Å². The van der Waals surface area contributed by atoms with E-state index in [1.165, 1.54) is 24.3 Å². The lowest BCUT2D eigenvalue weighted by Gasteiger charge is -2.16. The average Bonchev–Trinajstić information content (AvgIpc) is 2.78. The van der Waals surface area contributed by atoms with Crippen LogP contribution in [0, 0.1) is 5.92 Å². The molecule has 0 radical (unpaired) electrons. The normalized spacial score (nSPS) is 26.9. The second kappa shape index (κ2) is 4.89. The van der Waals surface area contributed by atoms with E-state index in [9.17, 15) is 0 Å². The monoisotopic (exact) mass is 210 g/mol. The molecule has 0 bridgehead atoms. The molecule has 1 heterocycles. The Morgan fingerprint density at radius 2 is 2.50 bits per heavy atom. The Hall–Kier alpha value is -0.410. The molecular weight excluding hydrogens is 192 g/mol. The smallest absolute Gasteiger partial charge is 0.0937 e. The van der Waals surface area contributed by atoms with Gasteiger partial charge in [0.1, 0.15) is 0 Å². The fraction of sp³-hybridized carbons (Fsp3) is 0.727. The Bertz CT molecular complexity index is 258. The van der Waals surface area contributed by atoms with Gasteiger partial charge in [0.2, 0.25) is 0 Å². The molecule has 1 aliphatic rings. The molecule has 0 spiro atoms. The maximum Gasteiger partial charge on any atom is 0.0937 e. The van der Waals surface area contributed by atoms with Crippen molar-refractivity contribution in [1.29, 1.82) is 0 Å². The van der Waals surface area contributed by atoms with E-state index in [2.05, 4.69) is 17.2 Å². The second-order valence-electron chi connectivity index (χ2n) is 4.14. The van der Waals surface area contributed by atoms with Crippen LogP contribution >= 0.6 is 11.3 Å². The fourth-order valence-corrected chi connectivity index (χ4v) is 2.81. The predicted molar refractivity (Wildman–Crippen MR) is 60.6 cm³/mol. The first-order chi connectivity index (χ1) is 6.86. The van der Waals surface area contributed by atoms with Gasteiger partial charge in [-0.15, -0.1) is 11.3 Å². The molecule has 2 atom stereocenters. The van der Waals surface area contributed by atoms with Crippen molar-refractivity contribution < 1.29 is 0 Å². The number of aromatic nitrogens is 1. The summed E-state index contributed by atoms with van der Waals surface area (Å²) < 4.78 is 0. The summed E-state index contributed by atoms with van der Waals surface area (Å²) in [5.74, 6) is 0.867. The van der Waals surface area contributed by atoms with Gasteiger partial charge in [-0.05, 0) is 18.8 Å². The minimum Gasteiger partial charge on any atom is -0.313 e. The Morgan fingerprint density at radius 3 is 3.14 bits per heavy atom. The minimum atomic E-state index is 0.759. The third-order valence-electron chi connectivity index (χ3n) is 3.09. The molecule has 78 valence electrons. The van der Waals surface area contributed by atoms with Crippen molar-refractivity contribution >= 4 is 11.3 Å². The topological polar surface area (TPSA) is 24.9 Å². The molecule has 1 saturated carbocycles. The molecule has 0 aliphatic heterocycles. The highest BCUT2D eigenvalue weighted by Gasteiger charge is 2.22. The van der Waals surface area contributed by atoms with E-state index in [0.29, 0.717) is 0 Å². The van der Waals surface area contributed by atoms with Gasteiger partial charge in [0, 0.05) is 30.6 Å². The van der Waals surface area contributed by atoms with Crippen molar-refractivity contribution in [3.05, 3.63) is 16.6 Å². The number of hydrogen-bond acceptors (Lipinski definition) is 3. The first-order valence-electron chi connectivity index (χ1n) is 5.48. The summed E-state index contributed by atoms with van der Waals surface area (Å²) in [6, 6.07) is 0.759. The highest BCUT2D eigenvalue weighted by Crippen LogP contribution is 2.24. The molecule has 1 N–H and O–H groups in total. The quantitative estimate of drug-likeness (QED) is 0.825. The van der Waals surface area contributed by atoms with Crippen LogP contribution in [0.2, 0.25) is 0 Å². The van der Waals surface area contributed by atoms with Crippen LogP contribution < -0.4 is 5.32 Å². The lowest BCUT2D eigenvalue weighted by atomic mass is 10.1. The predicted octanol–water partition coefficient (Wildman–Crippen LogP) is 2.46. The van der Waals surface area contributed by atoms with Crippen molar-refractivity contribution in [3.8, 4) is 0 Å². The Kier molecular flexibility index (Phi) is 3.54. The van der Waals surface area contributed by atoms with E-state index in [1.54, 1.807) is 11.3 Å². The molecule has 0 saturated heterocycles. The molecule has 2 rings (SSSR count). The summed E-state index contributed by atoms with van der Waals surface area (Å²) in [4.78, 5) is 4.28. The lowest BCUT2D eigenvalue weighted by molar-refractivity contribution is 0.430. The van der Waals surface area contributed by atoms with E-state index in [4.69, 9.17) is 0 Å². The maximum absolute atomic E-state index is 4.28. The van der Waals surface area contributed by atoms with Crippen LogP contribution in [0.1, 0.15) is 31.2 Å². The second-order valence-corrected chi connectivity index (χ2v) is 5.12. The molecule has 0 aromatic carbocycles. The van der Waals surface area contributed by atoms with Gasteiger partial charge >= 0.3 is 0 Å². The van der Waals surface area contributed by atoms with Gasteiger partial charge in [-0.1, -0.05) is 13.3 Å². The number of hydrogen-bond donors (Lipinski definition) is 1. The van der Waals surface area contributed by atoms with E-state index in [1.807, 2.05) is 11.6 Å². The van der Waals surface area contributed by atoms with Crippen molar-refractivity contribution in [2.75, 3.05) is 6.54 Å². The van der Waals surface area contributed by atoms with Gasteiger partial charge in [0.25, 0.3) is 0 Å². The van der Waals surface area contributed by atoms with E-state index < -0.39 is 0 Å². The molecule has 1 aliphatic carbocycles. The molecular formula is C11H18N2S. The molecule has 14 heavy (non-hydrogen) atoms. The van der Waals surface area contributed by atoms with Crippen molar-refractivity contribution in [2.45, 2.75) is 38.6 Å². The van der Waals surface area contributed by atoms with Crippen LogP contribution in [0.5, 0.6) is 0 Å². The van der Waals surface area contributed by atoms with Gasteiger partial charge in [-0.2, -0.15) is 0 Å². The fourth-order valence-electron chi connectivity index (χ4n) is 2.19. The summed E-state index contributed by atoms with van der Waals surface area (Å²) in [5, 5.41) is 6.94. The molecule has 1 aromatic heterocycles. The molecule has 2 unspecified atom stereocenters. The van der Waals surface area contributed by atoms with Crippen LogP contribution in [0.4, 0.5) is 0 Å². The lowest BCUT2D eigenvalue weighted by Crippen LogP contribution is -2.32. The molecule has 3 heteroatoms. The van der Waals surface area contributed by atoms with Crippen molar-refractivity contribution in [2.24, 2.45) is 5.92 Å². The van der Waals surface area contributed by atoms with Crippen LogP contribution in [0.25, 0.3) is 0 Å². The van der Waals surface area contributed by atoms with E-state index >= 15 is 0 Å². The van der Waals surface area contributed by atoms with Crippen molar-refractivity contribution in [1.82, 2.24) is 10.3 Å². The van der Waals surface area contributed by atoms with Gasteiger partial charge in [0.05, 0.1) is 5.01 Å². The summed E-state index contributed by atoms with van der Waals surface area (Å²) in [5.41, 5.74) is 0. The molecule has 0 amide bonds. The summed E-state index contributed by atoms with van der Waals surface area (Å²) in [7, 11) is 0. The van der Waals surface area contributed by atoms with Gasteiger partial charge in [-0.25, -0.2) is 4.98 Å². The first kappa shape index (κ1) is 10.1. The van der Waals surface area contributed by atoms with Crippen molar-refractivity contribution in [3.63, 3.8) is 0 Å². The van der Waals surface area contributed by atoms with Crippen LogP contribution in [-0.4, -0.2) is 17.6 Å². The van der Waals surface area contributed by atoms with Gasteiger partial charge < -0.3 is 5.32 Å². The minimum absolute atomic E-state index is 0.759. The Labute approximate surface area is 89.8 Å². The zero-order chi connectivity index (χ0) is 9.80. The third kappa shape index (κ3) is 2.55. The molecule has 2 nitrogen and oxygen atoms in total. The molecule has 1 fully saturated rings. The highest BCUT2D eigenvalue weighted by molar-refractivity contribution is 7.09. The van der Waals surface area contributed by atoms with Gasteiger partial charge in [-0.3, -0.25) is 0 Å². The number of nitrogens with zero attached hydrogens (tertiary/aromatic N) is 1. The van der Waals surface area contributed by atoms with E-state index in [0.717, 1.165) is 24.9 Å². The largest absolute Gasteiger partial charge is 0.313 e. The molecule has 1 aromatic rings. The van der Waals surface area contributed by atoms with E-state index in [-0.39, 0.29) is 0 Å². The third-order valence-corrected chi connectivity index (χ3v) is 3.93. The summed E-state index contributed by atoms with van der Waals surface area (Å²) in [6.07, 6.45) is 7.13. The van der Waals surface area contributed by atoms with Crippen LogP contribution in [-0.2, 0) is 6.42 Å².